The predicted octanol–water partition coefficient (Wildman–Crippen LogP) is 3.38. The van der Waals surface area contributed by atoms with Crippen LogP contribution in [0.25, 0.3) is 0 Å². The number of hydrogen-bond acceptors (Lipinski definition) is 3. The molecule has 3 aromatic rings. The number of nitrogens with zero attached hydrogens (tertiary/aromatic N) is 2. The highest BCUT2D eigenvalue weighted by Crippen LogP contribution is 2.28. The normalized spacial score (nSPS) is 14.5. The predicted molar refractivity (Wildman–Crippen MR) is 122 cm³/mol. The minimum absolute atomic E-state index is 0.0777. The van der Waals surface area contributed by atoms with Crippen LogP contribution in [0.3, 0.4) is 0 Å². The number of carbonyl (C=O) groups excluding carboxylic acids is 1. The molecule has 156 valence electrons. The minimum atomic E-state index is -1.35. The third kappa shape index (κ3) is 4.86. The molecule has 0 aliphatic carbocycles. The van der Waals surface area contributed by atoms with E-state index >= 15 is 0 Å². The molecule has 0 spiro atoms. The Balaban J connectivity index is 1.42. The zero-order valence-electron chi connectivity index (χ0n) is 17.4. The second-order valence-corrected chi connectivity index (χ2v) is 7.68. The van der Waals surface area contributed by atoms with Crippen molar-refractivity contribution in [1.29, 1.82) is 0 Å². The first-order chi connectivity index (χ1) is 15.2. The fourth-order valence-corrected chi connectivity index (χ4v) is 3.82. The highest BCUT2D eigenvalue weighted by molar-refractivity contribution is 5.94. The molecule has 1 amide bonds. The summed E-state index contributed by atoms with van der Waals surface area (Å²) in [5.74, 6) is 6.39. The average Bonchev–Trinajstić information content (AvgIpc) is 2.85. The summed E-state index contributed by atoms with van der Waals surface area (Å²) in [6.07, 6.45) is 0. The van der Waals surface area contributed by atoms with Crippen LogP contribution in [0.5, 0.6) is 0 Å². The van der Waals surface area contributed by atoms with Crippen molar-refractivity contribution in [3.63, 3.8) is 0 Å². The Hall–Kier alpha value is -3.39. The molecule has 0 unspecified atom stereocenters. The first-order valence-corrected chi connectivity index (χ1v) is 10.6. The molecule has 4 rings (SSSR count). The maximum Gasteiger partial charge on any atom is 0.253 e. The Morgan fingerprint density at radius 1 is 0.774 bits per heavy atom. The van der Waals surface area contributed by atoms with Crippen molar-refractivity contribution in [3.8, 4) is 11.8 Å². The van der Waals surface area contributed by atoms with Gasteiger partial charge in [0.25, 0.3) is 5.91 Å². The Bertz CT molecular complexity index is 1010. The molecular formula is C27H26N2O2. The van der Waals surface area contributed by atoms with Crippen molar-refractivity contribution in [1.82, 2.24) is 9.80 Å². The maximum absolute atomic E-state index is 12.6. The Morgan fingerprint density at radius 3 is 1.77 bits per heavy atom. The molecule has 0 aromatic heterocycles. The Morgan fingerprint density at radius 2 is 1.26 bits per heavy atom. The van der Waals surface area contributed by atoms with Gasteiger partial charge in [0.05, 0.1) is 6.54 Å². The van der Waals surface area contributed by atoms with Crippen molar-refractivity contribution >= 4 is 5.91 Å². The fourth-order valence-electron chi connectivity index (χ4n) is 3.82. The molecule has 1 aliphatic heterocycles. The fraction of sp³-hybridized carbons (Fsp3) is 0.222. The lowest BCUT2D eigenvalue weighted by Gasteiger charge is -2.33. The van der Waals surface area contributed by atoms with Crippen LogP contribution in [0, 0.1) is 11.8 Å². The van der Waals surface area contributed by atoms with Crippen LogP contribution in [0.2, 0.25) is 0 Å². The van der Waals surface area contributed by atoms with Crippen LogP contribution < -0.4 is 0 Å². The van der Waals surface area contributed by atoms with Gasteiger partial charge in [-0.05, 0) is 12.1 Å². The summed E-state index contributed by atoms with van der Waals surface area (Å²) in [4.78, 5) is 16.7. The van der Waals surface area contributed by atoms with E-state index in [-0.39, 0.29) is 5.91 Å². The van der Waals surface area contributed by atoms with E-state index in [1.807, 2.05) is 95.9 Å². The molecule has 0 bridgehead atoms. The number of rotatable bonds is 4. The topological polar surface area (TPSA) is 43.8 Å². The second-order valence-electron chi connectivity index (χ2n) is 7.68. The molecular weight excluding hydrogens is 384 g/mol. The van der Waals surface area contributed by atoms with E-state index in [4.69, 9.17) is 0 Å². The van der Waals surface area contributed by atoms with Gasteiger partial charge >= 0.3 is 0 Å². The van der Waals surface area contributed by atoms with Crippen LogP contribution >= 0.6 is 0 Å². The molecule has 1 saturated heterocycles. The number of carbonyl (C=O) groups is 1. The lowest BCUT2D eigenvalue weighted by atomic mass is 9.87. The molecule has 1 fully saturated rings. The summed E-state index contributed by atoms with van der Waals surface area (Å²) < 4.78 is 0. The standard InChI is InChI=1S/C27H26N2O2/c30-26(23-11-4-1-5-12-23)29-21-19-28(20-22-29)18-10-17-27(31,24-13-6-2-7-14-24)25-15-8-3-9-16-25/h1-9,11-16,31H,18-22H2. The van der Waals surface area contributed by atoms with E-state index < -0.39 is 5.60 Å². The van der Waals surface area contributed by atoms with E-state index in [0.717, 1.165) is 29.8 Å². The van der Waals surface area contributed by atoms with E-state index in [1.165, 1.54) is 0 Å². The molecule has 4 heteroatoms. The van der Waals surface area contributed by atoms with Crippen LogP contribution in [-0.4, -0.2) is 53.5 Å². The van der Waals surface area contributed by atoms with Gasteiger partial charge in [0, 0.05) is 42.9 Å². The summed E-state index contributed by atoms with van der Waals surface area (Å²) >= 11 is 0. The summed E-state index contributed by atoms with van der Waals surface area (Å²) in [5, 5.41) is 11.5. The van der Waals surface area contributed by atoms with Gasteiger partial charge < -0.3 is 10.0 Å². The van der Waals surface area contributed by atoms with E-state index in [9.17, 15) is 9.90 Å². The lowest BCUT2D eigenvalue weighted by Crippen LogP contribution is -2.48. The molecule has 0 radical (unpaired) electrons. The molecule has 1 aliphatic rings. The summed E-state index contributed by atoms with van der Waals surface area (Å²) in [7, 11) is 0. The molecule has 4 nitrogen and oxygen atoms in total. The number of piperazine rings is 1. The Labute approximate surface area is 183 Å². The lowest BCUT2D eigenvalue weighted by molar-refractivity contribution is 0.0652. The summed E-state index contributed by atoms with van der Waals surface area (Å²) in [6, 6.07) is 28.5. The molecule has 0 atom stereocenters. The van der Waals surface area contributed by atoms with Crippen molar-refractivity contribution in [2.24, 2.45) is 0 Å². The van der Waals surface area contributed by atoms with Gasteiger partial charge in [0.15, 0.2) is 5.60 Å². The average molecular weight is 411 g/mol. The van der Waals surface area contributed by atoms with Gasteiger partial charge in [-0.1, -0.05) is 90.7 Å². The van der Waals surface area contributed by atoms with Crippen molar-refractivity contribution in [3.05, 3.63) is 108 Å². The van der Waals surface area contributed by atoms with Crippen molar-refractivity contribution in [2.45, 2.75) is 5.60 Å². The zero-order valence-corrected chi connectivity index (χ0v) is 17.4. The van der Waals surface area contributed by atoms with Crippen LogP contribution in [0.4, 0.5) is 0 Å². The zero-order chi connectivity index (χ0) is 21.5. The minimum Gasteiger partial charge on any atom is -0.369 e. The molecule has 3 aromatic carbocycles. The van der Waals surface area contributed by atoms with E-state index in [0.29, 0.717) is 19.6 Å². The van der Waals surface area contributed by atoms with Crippen LogP contribution in [-0.2, 0) is 5.60 Å². The van der Waals surface area contributed by atoms with Crippen molar-refractivity contribution in [2.75, 3.05) is 32.7 Å². The van der Waals surface area contributed by atoms with Gasteiger partial charge in [0.1, 0.15) is 0 Å². The molecule has 1 N–H and O–H groups in total. The van der Waals surface area contributed by atoms with Crippen LogP contribution in [0.1, 0.15) is 21.5 Å². The smallest absolute Gasteiger partial charge is 0.253 e. The van der Waals surface area contributed by atoms with Gasteiger partial charge in [0.2, 0.25) is 0 Å². The summed E-state index contributed by atoms with van der Waals surface area (Å²) in [6.45, 7) is 3.44. The van der Waals surface area contributed by atoms with Gasteiger partial charge in [-0.3, -0.25) is 9.69 Å². The first kappa shape index (κ1) is 20.9. The van der Waals surface area contributed by atoms with Crippen molar-refractivity contribution < 1.29 is 9.90 Å². The highest BCUT2D eigenvalue weighted by Gasteiger charge is 2.29. The third-order valence-corrected chi connectivity index (χ3v) is 5.64. The van der Waals surface area contributed by atoms with Gasteiger partial charge in [-0.25, -0.2) is 0 Å². The number of aliphatic hydroxyl groups is 1. The van der Waals surface area contributed by atoms with Crippen LogP contribution in [0.15, 0.2) is 91.0 Å². The van der Waals surface area contributed by atoms with Gasteiger partial charge in [-0.2, -0.15) is 0 Å². The SMILES string of the molecule is O=C(c1ccccc1)N1CCN(CC#CC(O)(c2ccccc2)c2ccccc2)CC1. The largest absolute Gasteiger partial charge is 0.369 e. The maximum atomic E-state index is 12.6. The second kappa shape index (κ2) is 9.61. The number of hydrogen-bond donors (Lipinski definition) is 1. The molecule has 0 saturated carbocycles. The molecule has 1 heterocycles. The van der Waals surface area contributed by atoms with E-state index in [1.54, 1.807) is 0 Å². The Kier molecular flexibility index (Phi) is 6.47. The number of benzene rings is 3. The number of amides is 1. The highest BCUT2D eigenvalue weighted by atomic mass is 16.3. The monoisotopic (exact) mass is 410 g/mol. The third-order valence-electron chi connectivity index (χ3n) is 5.64. The summed E-state index contributed by atoms with van der Waals surface area (Å²) in [5.41, 5.74) is 0.888. The first-order valence-electron chi connectivity index (χ1n) is 10.6. The molecule has 31 heavy (non-hydrogen) atoms. The van der Waals surface area contributed by atoms with E-state index in [2.05, 4.69) is 16.7 Å². The van der Waals surface area contributed by atoms with Gasteiger partial charge in [-0.15, -0.1) is 0 Å². The quantitative estimate of drug-likeness (QED) is 0.671.